The highest BCUT2D eigenvalue weighted by Gasteiger charge is 2.22. The molecule has 124 valence electrons. The van der Waals surface area contributed by atoms with E-state index in [0.29, 0.717) is 25.2 Å². The summed E-state index contributed by atoms with van der Waals surface area (Å²) in [6.45, 7) is 7.60. The van der Waals surface area contributed by atoms with E-state index in [1.54, 1.807) is 7.11 Å². The molecule has 1 heterocycles. The van der Waals surface area contributed by atoms with E-state index >= 15 is 0 Å². The fraction of sp³-hybridized carbons (Fsp3) is 0.667. The number of nitrogens with zero attached hydrogens (tertiary/aromatic N) is 1. The molecule has 0 bridgehead atoms. The molecule has 1 aliphatic rings. The van der Waals surface area contributed by atoms with Gasteiger partial charge in [-0.15, -0.1) is 0 Å². The number of nitrogens with one attached hydrogen (secondary N) is 1. The number of likely N-dealkylation sites (tertiary alicyclic amines) is 1. The van der Waals surface area contributed by atoms with Gasteiger partial charge in [0.15, 0.2) is 0 Å². The molecule has 0 radical (unpaired) electrons. The van der Waals surface area contributed by atoms with Crippen LogP contribution in [0.1, 0.15) is 36.9 Å². The summed E-state index contributed by atoms with van der Waals surface area (Å²) in [4.78, 5) is 2.33. The van der Waals surface area contributed by atoms with E-state index in [4.69, 9.17) is 4.74 Å². The quantitative estimate of drug-likeness (QED) is 0.810. The fourth-order valence-electron chi connectivity index (χ4n) is 3.21. The Hall–Kier alpha value is -0.940. The van der Waals surface area contributed by atoms with Crippen molar-refractivity contribution in [3.8, 4) is 0 Å². The number of aryl methyl sites for hydroxylation is 1. The summed E-state index contributed by atoms with van der Waals surface area (Å²) in [6.07, 6.45) is 1.90. The van der Waals surface area contributed by atoms with Gasteiger partial charge in [-0.2, -0.15) is 0 Å². The summed E-state index contributed by atoms with van der Waals surface area (Å²) in [6, 6.07) is 9.67. The molecular weight excluding hydrogens is 276 g/mol. The first-order valence-electron chi connectivity index (χ1n) is 8.30. The minimum Gasteiger partial charge on any atom is -0.389 e. The third kappa shape index (κ3) is 5.36. The molecule has 22 heavy (non-hydrogen) atoms. The zero-order valence-corrected chi connectivity index (χ0v) is 14.1. The zero-order chi connectivity index (χ0) is 15.9. The lowest BCUT2D eigenvalue weighted by atomic mass is 10.0. The van der Waals surface area contributed by atoms with Gasteiger partial charge >= 0.3 is 0 Å². The number of ether oxygens (including phenoxy) is 1. The molecule has 0 amide bonds. The first kappa shape index (κ1) is 17.4. The Balaban J connectivity index is 1.75. The molecule has 4 nitrogen and oxygen atoms in total. The van der Waals surface area contributed by atoms with Crippen molar-refractivity contribution in [3.63, 3.8) is 0 Å². The van der Waals surface area contributed by atoms with E-state index in [9.17, 15) is 5.11 Å². The molecule has 2 N–H and O–H groups in total. The molecule has 2 atom stereocenters. The molecule has 1 aromatic carbocycles. The summed E-state index contributed by atoms with van der Waals surface area (Å²) < 4.78 is 4.99. The number of aliphatic hydroxyl groups excluding tert-OH is 1. The van der Waals surface area contributed by atoms with Crippen LogP contribution in [0.4, 0.5) is 0 Å². The van der Waals surface area contributed by atoms with Crippen LogP contribution in [0.25, 0.3) is 0 Å². The van der Waals surface area contributed by atoms with Crippen LogP contribution < -0.4 is 5.32 Å². The number of hydrogen-bond acceptors (Lipinski definition) is 4. The average Bonchev–Trinajstić information content (AvgIpc) is 2.49. The lowest BCUT2D eigenvalue weighted by Crippen LogP contribution is -2.46. The van der Waals surface area contributed by atoms with Crippen molar-refractivity contribution in [2.45, 2.75) is 44.9 Å². The monoisotopic (exact) mass is 306 g/mol. The van der Waals surface area contributed by atoms with Gasteiger partial charge in [0.05, 0.1) is 12.7 Å². The molecule has 4 heteroatoms. The van der Waals surface area contributed by atoms with Crippen molar-refractivity contribution in [3.05, 3.63) is 35.4 Å². The van der Waals surface area contributed by atoms with E-state index in [0.717, 1.165) is 25.9 Å². The minimum atomic E-state index is -0.374. The molecule has 1 saturated heterocycles. The maximum Gasteiger partial charge on any atom is 0.0900 e. The normalized spacial score (nSPS) is 20.0. The maximum absolute atomic E-state index is 9.81. The highest BCUT2D eigenvalue weighted by atomic mass is 16.5. The summed E-state index contributed by atoms with van der Waals surface area (Å²) in [5.74, 6) is 0. The van der Waals surface area contributed by atoms with E-state index in [1.807, 2.05) is 0 Å². The Bertz CT molecular complexity index is 444. The molecule has 1 fully saturated rings. The van der Waals surface area contributed by atoms with Crippen LogP contribution in [0, 0.1) is 6.92 Å². The summed E-state index contributed by atoms with van der Waals surface area (Å²) >= 11 is 0. The van der Waals surface area contributed by atoms with Gasteiger partial charge < -0.3 is 20.1 Å². The number of aliphatic hydroxyl groups is 1. The van der Waals surface area contributed by atoms with Gasteiger partial charge in [0.1, 0.15) is 0 Å². The van der Waals surface area contributed by atoms with Crippen molar-refractivity contribution in [1.82, 2.24) is 10.2 Å². The van der Waals surface area contributed by atoms with Crippen LogP contribution in [0.15, 0.2) is 24.3 Å². The van der Waals surface area contributed by atoms with Gasteiger partial charge in [-0.05, 0) is 45.3 Å². The predicted octanol–water partition coefficient (Wildman–Crippen LogP) is 2.12. The first-order chi connectivity index (χ1) is 10.6. The SMILES string of the molecule is COCC(O)CN1CCC(NC(C)c2cccc(C)c2)CC1. The summed E-state index contributed by atoms with van der Waals surface area (Å²) in [5.41, 5.74) is 2.67. The Morgan fingerprint density at radius 2 is 2.09 bits per heavy atom. The maximum atomic E-state index is 9.81. The highest BCUT2D eigenvalue weighted by molar-refractivity contribution is 5.24. The predicted molar refractivity (Wildman–Crippen MR) is 90.1 cm³/mol. The number of hydrogen-bond donors (Lipinski definition) is 2. The Morgan fingerprint density at radius 1 is 1.36 bits per heavy atom. The average molecular weight is 306 g/mol. The van der Waals surface area contributed by atoms with Crippen LogP contribution in [0.3, 0.4) is 0 Å². The number of benzene rings is 1. The molecule has 2 unspecified atom stereocenters. The fourth-order valence-corrected chi connectivity index (χ4v) is 3.21. The Kier molecular flexibility index (Phi) is 6.83. The van der Waals surface area contributed by atoms with Gasteiger partial charge in [-0.3, -0.25) is 0 Å². The van der Waals surface area contributed by atoms with Gasteiger partial charge in [0.25, 0.3) is 0 Å². The van der Waals surface area contributed by atoms with Crippen LogP contribution in [-0.2, 0) is 4.74 Å². The third-order valence-corrected chi connectivity index (χ3v) is 4.44. The number of β-amino-alcohol motifs (C(OH)–C–C–N with tert-alkyl or cyclic N) is 1. The smallest absolute Gasteiger partial charge is 0.0900 e. The number of piperidine rings is 1. The molecule has 0 saturated carbocycles. The number of methoxy groups -OCH3 is 1. The van der Waals surface area contributed by atoms with E-state index in [2.05, 4.69) is 48.3 Å². The molecule has 0 spiro atoms. The van der Waals surface area contributed by atoms with Crippen molar-refractivity contribution in [1.29, 1.82) is 0 Å². The van der Waals surface area contributed by atoms with Crippen LogP contribution >= 0.6 is 0 Å². The van der Waals surface area contributed by atoms with Crippen molar-refractivity contribution in [2.24, 2.45) is 0 Å². The molecule has 2 rings (SSSR count). The second-order valence-electron chi connectivity index (χ2n) is 6.49. The van der Waals surface area contributed by atoms with Crippen molar-refractivity contribution in [2.75, 3.05) is 33.4 Å². The molecule has 1 aromatic rings. The van der Waals surface area contributed by atoms with E-state index in [-0.39, 0.29) is 6.10 Å². The van der Waals surface area contributed by atoms with Gasteiger partial charge in [-0.1, -0.05) is 29.8 Å². The van der Waals surface area contributed by atoms with Gasteiger partial charge in [-0.25, -0.2) is 0 Å². The molecule has 0 aromatic heterocycles. The second kappa shape index (κ2) is 8.63. The standard InChI is InChI=1S/C18H30N2O2/c1-14-5-4-6-16(11-14)15(2)19-17-7-9-20(10-8-17)12-18(21)13-22-3/h4-6,11,15,17-19,21H,7-10,12-13H2,1-3H3. The van der Waals surface area contributed by atoms with Gasteiger partial charge in [0.2, 0.25) is 0 Å². The zero-order valence-electron chi connectivity index (χ0n) is 14.1. The van der Waals surface area contributed by atoms with Crippen LogP contribution in [0.5, 0.6) is 0 Å². The van der Waals surface area contributed by atoms with Crippen molar-refractivity contribution < 1.29 is 9.84 Å². The third-order valence-electron chi connectivity index (χ3n) is 4.44. The lowest BCUT2D eigenvalue weighted by Gasteiger charge is -2.35. The van der Waals surface area contributed by atoms with E-state index in [1.165, 1.54) is 11.1 Å². The van der Waals surface area contributed by atoms with Crippen LogP contribution in [-0.4, -0.2) is 55.5 Å². The Morgan fingerprint density at radius 3 is 2.73 bits per heavy atom. The van der Waals surface area contributed by atoms with E-state index < -0.39 is 0 Å². The minimum absolute atomic E-state index is 0.374. The molecular formula is C18H30N2O2. The second-order valence-corrected chi connectivity index (χ2v) is 6.49. The first-order valence-corrected chi connectivity index (χ1v) is 8.30. The largest absolute Gasteiger partial charge is 0.389 e. The summed E-state index contributed by atoms with van der Waals surface area (Å²) in [7, 11) is 1.63. The molecule has 0 aliphatic carbocycles. The van der Waals surface area contributed by atoms with Crippen molar-refractivity contribution >= 4 is 0 Å². The Labute approximate surface area is 134 Å². The number of rotatable bonds is 7. The van der Waals surface area contributed by atoms with Gasteiger partial charge in [0, 0.05) is 25.7 Å². The lowest BCUT2D eigenvalue weighted by molar-refractivity contribution is 0.0308. The summed E-state index contributed by atoms with van der Waals surface area (Å²) in [5, 5.41) is 13.6. The topological polar surface area (TPSA) is 44.7 Å². The molecule has 1 aliphatic heterocycles. The highest BCUT2D eigenvalue weighted by Crippen LogP contribution is 2.18. The van der Waals surface area contributed by atoms with Crippen LogP contribution in [0.2, 0.25) is 0 Å².